The van der Waals surface area contributed by atoms with Crippen molar-refractivity contribution in [2.24, 2.45) is 0 Å². The molecule has 2 rings (SSSR count). The van der Waals surface area contributed by atoms with Gasteiger partial charge in [0, 0.05) is 30.3 Å². The Morgan fingerprint density at radius 1 is 1.39 bits per heavy atom. The quantitative estimate of drug-likeness (QED) is 0.792. The molecule has 1 aromatic carbocycles. The molecule has 1 aromatic rings. The first-order chi connectivity index (χ1) is 8.56. The minimum Gasteiger partial charge on any atom is -0.478 e. The average molecular weight is 249 g/mol. The number of carbonyl (C=O) groups excluding carboxylic acids is 1. The van der Waals surface area contributed by atoms with Crippen molar-refractivity contribution in [1.29, 1.82) is 0 Å². The molecule has 1 heterocycles. The van der Waals surface area contributed by atoms with Crippen LogP contribution >= 0.6 is 0 Å². The summed E-state index contributed by atoms with van der Waals surface area (Å²) >= 11 is 0. The van der Waals surface area contributed by atoms with E-state index in [1.54, 1.807) is 12.1 Å². The first-order valence-corrected chi connectivity index (χ1v) is 5.18. The van der Waals surface area contributed by atoms with Gasteiger partial charge in [0.25, 0.3) is 0 Å². The second kappa shape index (κ2) is 4.79. The summed E-state index contributed by atoms with van der Waals surface area (Å²) in [5.74, 6) is -0.331. The SMILES string of the molecule is CC(=O)Nc1cc(/C=C/C(=O)O)c2c(c1)OCO2. The van der Waals surface area contributed by atoms with Crippen LogP contribution in [0.25, 0.3) is 6.08 Å². The zero-order valence-electron chi connectivity index (χ0n) is 9.60. The number of anilines is 1. The molecular weight excluding hydrogens is 238 g/mol. The van der Waals surface area contributed by atoms with Gasteiger partial charge in [0.15, 0.2) is 11.5 Å². The zero-order chi connectivity index (χ0) is 13.1. The summed E-state index contributed by atoms with van der Waals surface area (Å²) in [7, 11) is 0. The van der Waals surface area contributed by atoms with Crippen LogP contribution in [0.2, 0.25) is 0 Å². The van der Waals surface area contributed by atoms with Crippen molar-refractivity contribution in [3.8, 4) is 11.5 Å². The molecule has 0 fully saturated rings. The van der Waals surface area contributed by atoms with E-state index in [2.05, 4.69) is 5.32 Å². The molecule has 0 saturated heterocycles. The van der Waals surface area contributed by atoms with E-state index in [0.29, 0.717) is 22.7 Å². The van der Waals surface area contributed by atoms with Gasteiger partial charge < -0.3 is 19.9 Å². The highest BCUT2D eigenvalue weighted by atomic mass is 16.7. The van der Waals surface area contributed by atoms with E-state index in [0.717, 1.165) is 6.08 Å². The van der Waals surface area contributed by atoms with E-state index < -0.39 is 5.97 Å². The molecule has 94 valence electrons. The summed E-state index contributed by atoms with van der Waals surface area (Å²) in [6.45, 7) is 1.46. The zero-order valence-corrected chi connectivity index (χ0v) is 9.60. The van der Waals surface area contributed by atoms with Gasteiger partial charge in [0.05, 0.1) is 0 Å². The van der Waals surface area contributed by atoms with Crippen LogP contribution in [-0.2, 0) is 9.59 Å². The summed E-state index contributed by atoms with van der Waals surface area (Å²) in [5.41, 5.74) is 1.06. The first-order valence-electron chi connectivity index (χ1n) is 5.18. The molecule has 0 aromatic heterocycles. The highest BCUT2D eigenvalue weighted by molar-refractivity contribution is 5.91. The molecule has 0 radical (unpaired) electrons. The van der Waals surface area contributed by atoms with Gasteiger partial charge in [-0.15, -0.1) is 0 Å². The number of carboxylic acids is 1. The van der Waals surface area contributed by atoms with Crippen molar-refractivity contribution >= 4 is 23.6 Å². The van der Waals surface area contributed by atoms with Gasteiger partial charge in [0.1, 0.15) is 0 Å². The van der Waals surface area contributed by atoms with Crippen molar-refractivity contribution in [3.05, 3.63) is 23.8 Å². The van der Waals surface area contributed by atoms with Crippen molar-refractivity contribution in [1.82, 2.24) is 0 Å². The maximum atomic E-state index is 11.0. The van der Waals surface area contributed by atoms with Crippen LogP contribution in [0, 0.1) is 0 Å². The molecular formula is C12H11NO5. The van der Waals surface area contributed by atoms with Gasteiger partial charge in [-0.05, 0) is 12.1 Å². The van der Waals surface area contributed by atoms with E-state index in [9.17, 15) is 9.59 Å². The van der Waals surface area contributed by atoms with Crippen LogP contribution in [0.1, 0.15) is 12.5 Å². The van der Waals surface area contributed by atoms with Gasteiger partial charge >= 0.3 is 5.97 Å². The largest absolute Gasteiger partial charge is 0.478 e. The highest BCUT2D eigenvalue weighted by Crippen LogP contribution is 2.39. The number of fused-ring (bicyclic) bond motifs is 1. The van der Waals surface area contributed by atoms with Crippen LogP contribution in [0.4, 0.5) is 5.69 Å². The molecule has 0 unspecified atom stereocenters. The minimum absolute atomic E-state index is 0.0762. The average Bonchev–Trinajstić information content (AvgIpc) is 2.72. The molecule has 1 aliphatic heterocycles. The van der Waals surface area contributed by atoms with Crippen LogP contribution in [-0.4, -0.2) is 23.8 Å². The van der Waals surface area contributed by atoms with Crippen molar-refractivity contribution in [3.63, 3.8) is 0 Å². The van der Waals surface area contributed by atoms with Crippen molar-refractivity contribution in [2.75, 3.05) is 12.1 Å². The van der Waals surface area contributed by atoms with Gasteiger partial charge in [-0.3, -0.25) is 4.79 Å². The Labute approximate surface area is 103 Å². The molecule has 1 aliphatic rings. The Morgan fingerprint density at radius 2 is 2.17 bits per heavy atom. The number of carboxylic acid groups (broad SMARTS) is 1. The van der Waals surface area contributed by atoms with E-state index >= 15 is 0 Å². The van der Waals surface area contributed by atoms with Gasteiger partial charge in [-0.25, -0.2) is 4.79 Å². The highest BCUT2D eigenvalue weighted by Gasteiger charge is 2.18. The minimum atomic E-state index is -1.06. The normalized spacial score (nSPS) is 12.7. The summed E-state index contributed by atoms with van der Waals surface area (Å²) in [6, 6.07) is 3.25. The number of hydrogen-bond donors (Lipinski definition) is 2. The Balaban J connectivity index is 2.40. The number of aliphatic carboxylic acids is 1. The Morgan fingerprint density at radius 3 is 2.83 bits per heavy atom. The molecule has 18 heavy (non-hydrogen) atoms. The number of benzene rings is 1. The third-order valence-corrected chi connectivity index (χ3v) is 2.23. The van der Waals surface area contributed by atoms with Crippen LogP contribution in [0.5, 0.6) is 11.5 Å². The molecule has 0 atom stereocenters. The number of ether oxygens (including phenoxy) is 2. The third kappa shape index (κ3) is 2.60. The molecule has 6 heteroatoms. The maximum absolute atomic E-state index is 11.0. The van der Waals surface area contributed by atoms with Gasteiger partial charge in [-0.2, -0.15) is 0 Å². The van der Waals surface area contributed by atoms with E-state index in [1.807, 2.05) is 0 Å². The topological polar surface area (TPSA) is 84.9 Å². The fourth-order valence-corrected chi connectivity index (χ4v) is 1.60. The standard InChI is InChI=1S/C12H11NO5/c1-7(14)13-9-4-8(2-3-11(15)16)12-10(5-9)17-6-18-12/h2-5H,6H2,1H3,(H,13,14)(H,15,16)/b3-2+. The lowest BCUT2D eigenvalue weighted by molar-refractivity contribution is -0.131. The summed E-state index contributed by atoms with van der Waals surface area (Å²) < 4.78 is 10.5. The summed E-state index contributed by atoms with van der Waals surface area (Å²) in [5, 5.41) is 11.2. The molecule has 0 spiro atoms. The fraction of sp³-hybridized carbons (Fsp3) is 0.167. The summed E-state index contributed by atoms with van der Waals surface area (Å²) in [4.78, 5) is 21.5. The lowest BCUT2D eigenvalue weighted by atomic mass is 10.1. The number of amides is 1. The Kier molecular flexibility index (Phi) is 3.18. The van der Waals surface area contributed by atoms with Crippen LogP contribution < -0.4 is 14.8 Å². The predicted octanol–water partition coefficient (Wildman–Crippen LogP) is 1.47. The lowest BCUT2D eigenvalue weighted by Gasteiger charge is -2.06. The lowest BCUT2D eigenvalue weighted by Crippen LogP contribution is -2.05. The van der Waals surface area contributed by atoms with E-state index in [1.165, 1.54) is 13.0 Å². The van der Waals surface area contributed by atoms with Gasteiger partial charge in [-0.1, -0.05) is 0 Å². The third-order valence-electron chi connectivity index (χ3n) is 2.23. The van der Waals surface area contributed by atoms with E-state index in [4.69, 9.17) is 14.6 Å². The summed E-state index contributed by atoms with van der Waals surface area (Å²) in [6.07, 6.45) is 2.38. The predicted molar refractivity (Wildman–Crippen MR) is 63.5 cm³/mol. The second-order valence-corrected chi connectivity index (χ2v) is 3.65. The van der Waals surface area contributed by atoms with Crippen LogP contribution in [0.3, 0.4) is 0 Å². The van der Waals surface area contributed by atoms with Gasteiger partial charge in [0.2, 0.25) is 12.7 Å². The molecule has 2 N–H and O–H groups in total. The van der Waals surface area contributed by atoms with Crippen molar-refractivity contribution in [2.45, 2.75) is 6.92 Å². The van der Waals surface area contributed by atoms with Crippen LogP contribution in [0.15, 0.2) is 18.2 Å². The number of hydrogen-bond acceptors (Lipinski definition) is 4. The molecule has 0 saturated carbocycles. The molecule has 1 amide bonds. The Hall–Kier alpha value is -2.50. The molecule has 6 nitrogen and oxygen atoms in total. The number of carbonyl (C=O) groups is 2. The number of nitrogens with one attached hydrogen (secondary N) is 1. The number of rotatable bonds is 3. The first kappa shape index (κ1) is 12.0. The maximum Gasteiger partial charge on any atom is 0.328 e. The fourth-order valence-electron chi connectivity index (χ4n) is 1.60. The molecule has 0 aliphatic carbocycles. The van der Waals surface area contributed by atoms with Crippen molar-refractivity contribution < 1.29 is 24.2 Å². The Bertz CT molecular complexity index is 536. The smallest absolute Gasteiger partial charge is 0.328 e. The van der Waals surface area contributed by atoms with E-state index in [-0.39, 0.29) is 12.7 Å². The monoisotopic (exact) mass is 249 g/mol. The second-order valence-electron chi connectivity index (χ2n) is 3.65. The molecule has 0 bridgehead atoms.